The van der Waals surface area contributed by atoms with E-state index in [4.69, 9.17) is 0 Å². The molecule has 1 saturated heterocycles. The Morgan fingerprint density at radius 3 is 2.35 bits per heavy atom. The zero-order chi connectivity index (χ0) is 21.8. The number of anilines is 1. The number of benzene rings is 2. The van der Waals surface area contributed by atoms with E-state index in [-0.39, 0.29) is 10.8 Å². The van der Waals surface area contributed by atoms with E-state index in [0.717, 1.165) is 19.0 Å². The highest BCUT2D eigenvalue weighted by atomic mass is 15.2. The number of para-hydroxylation sites is 2. The van der Waals surface area contributed by atoms with Gasteiger partial charge < -0.3 is 10.2 Å². The molecule has 3 aliphatic rings. The molecule has 0 bridgehead atoms. The smallest absolute Gasteiger partial charge is 0.209 e. The second kappa shape index (κ2) is 7.34. The highest BCUT2D eigenvalue weighted by molar-refractivity contribution is 6.04. The molecule has 3 heterocycles. The maximum Gasteiger partial charge on any atom is 0.209 e. The highest BCUT2D eigenvalue weighted by Crippen LogP contribution is 2.52. The Morgan fingerprint density at radius 1 is 1.00 bits per heavy atom. The molecule has 1 N–H and O–H groups in total. The number of nitrogens with zero attached hydrogens (tertiary/aromatic N) is 2. The van der Waals surface area contributed by atoms with Gasteiger partial charge in [-0.15, -0.1) is 0 Å². The average molecular weight is 415 g/mol. The molecule has 0 aromatic heterocycles. The first-order chi connectivity index (χ1) is 14.8. The van der Waals surface area contributed by atoms with Crippen LogP contribution in [0.2, 0.25) is 0 Å². The number of nitrogens with one attached hydrogen (secondary N) is 1. The van der Waals surface area contributed by atoms with Crippen LogP contribution in [0.25, 0.3) is 0 Å². The van der Waals surface area contributed by atoms with E-state index in [9.17, 15) is 0 Å². The van der Waals surface area contributed by atoms with Crippen molar-refractivity contribution < 1.29 is 4.58 Å². The molecule has 1 fully saturated rings. The van der Waals surface area contributed by atoms with Gasteiger partial charge in [0.25, 0.3) is 0 Å². The predicted molar refractivity (Wildman–Crippen MR) is 131 cm³/mol. The summed E-state index contributed by atoms with van der Waals surface area (Å²) < 4.78 is 2.41. The molecule has 2 aromatic carbocycles. The molecular formula is C28H36N3+. The summed E-state index contributed by atoms with van der Waals surface area (Å²) in [6.45, 7) is 9.53. The number of allylic oxidation sites excluding steroid dienone is 2. The van der Waals surface area contributed by atoms with Crippen LogP contribution in [-0.2, 0) is 10.8 Å². The minimum absolute atomic E-state index is 0.0103. The first-order valence-electron chi connectivity index (χ1n) is 11.8. The Labute approximate surface area is 187 Å². The van der Waals surface area contributed by atoms with E-state index in [1.165, 1.54) is 53.2 Å². The third-order valence-electron chi connectivity index (χ3n) is 8.16. The summed E-state index contributed by atoms with van der Waals surface area (Å²) in [5.41, 5.74) is 8.45. The molecule has 0 saturated carbocycles. The fourth-order valence-electron chi connectivity index (χ4n) is 6.39. The summed E-state index contributed by atoms with van der Waals surface area (Å²) in [7, 11) is 4.49. The Balaban J connectivity index is 1.63. The van der Waals surface area contributed by atoms with Crippen molar-refractivity contribution in [2.75, 3.05) is 32.1 Å². The minimum atomic E-state index is -0.0103. The number of piperidine rings is 1. The van der Waals surface area contributed by atoms with Gasteiger partial charge in [-0.05, 0) is 70.7 Å². The van der Waals surface area contributed by atoms with Crippen LogP contribution in [0, 0.1) is 5.92 Å². The molecule has 0 radical (unpaired) electrons. The van der Waals surface area contributed by atoms with Gasteiger partial charge in [-0.2, -0.15) is 4.58 Å². The third kappa shape index (κ3) is 3.09. The van der Waals surface area contributed by atoms with E-state index >= 15 is 0 Å². The molecule has 1 unspecified atom stereocenters. The van der Waals surface area contributed by atoms with Crippen LogP contribution in [0.1, 0.15) is 51.2 Å². The third-order valence-corrected chi connectivity index (χ3v) is 8.16. The first-order valence-corrected chi connectivity index (χ1v) is 11.8. The number of hydrogen-bond donors (Lipinski definition) is 1. The van der Waals surface area contributed by atoms with Crippen molar-refractivity contribution in [2.24, 2.45) is 5.92 Å². The molecule has 0 spiro atoms. The monoisotopic (exact) mass is 414 g/mol. The van der Waals surface area contributed by atoms with E-state index < -0.39 is 0 Å². The Kier molecular flexibility index (Phi) is 4.86. The second-order valence-corrected chi connectivity index (χ2v) is 10.4. The lowest BCUT2D eigenvalue weighted by atomic mass is 9.71. The number of hydrogen-bond acceptors (Lipinski definition) is 2. The van der Waals surface area contributed by atoms with E-state index in [1.54, 1.807) is 0 Å². The summed E-state index contributed by atoms with van der Waals surface area (Å²) in [5, 5.41) is 3.54. The van der Waals surface area contributed by atoms with Crippen molar-refractivity contribution in [1.82, 2.24) is 5.32 Å². The molecule has 1 atom stereocenters. The van der Waals surface area contributed by atoms with E-state index in [2.05, 4.69) is 104 Å². The normalized spacial score (nSPS) is 26.5. The van der Waals surface area contributed by atoms with Crippen LogP contribution >= 0.6 is 0 Å². The summed E-state index contributed by atoms with van der Waals surface area (Å²) >= 11 is 0. The quantitative estimate of drug-likeness (QED) is 0.680. The maximum atomic E-state index is 3.54. The molecule has 3 heteroatoms. The molecule has 3 aliphatic heterocycles. The molecular weight excluding hydrogens is 378 g/mol. The van der Waals surface area contributed by atoms with Gasteiger partial charge >= 0.3 is 0 Å². The lowest BCUT2D eigenvalue weighted by Gasteiger charge is -2.34. The molecule has 2 aromatic rings. The predicted octanol–water partition coefficient (Wildman–Crippen LogP) is 5.37. The van der Waals surface area contributed by atoms with Crippen molar-refractivity contribution in [3.8, 4) is 0 Å². The van der Waals surface area contributed by atoms with Gasteiger partial charge in [-0.1, -0.05) is 36.4 Å². The van der Waals surface area contributed by atoms with Crippen molar-refractivity contribution in [3.63, 3.8) is 0 Å². The summed E-state index contributed by atoms with van der Waals surface area (Å²) in [6, 6.07) is 17.9. The minimum Gasteiger partial charge on any atom is -0.347 e. The van der Waals surface area contributed by atoms with Gasteiger partial charge in [0.2, 0.25) is 5.69 Å². The molecule has 162 valence electrons. The van der Waals surface area contributed by atoms with Crippen LogP contribution < -0.4 is 10.2 Å². The molecule has 3 nitrogen and oxygen atoms in total. The van der Waals surface area contributed by atoms with Gasteiger partial charge in [0.1, 0.15) is 7.05 Å². The Morgan fingerprint density at radius 2 is 1.65 bits per heavy atom. The Bertz CT molecular complexity index is 1070. The molecule has 0 aliphatic carbocycles. The maximum absolute atomic E-state index is 3.54. The highest BCUT2D eigenvalue weighted by Gasteiger charge is 2.48. The molecule has 0 amide bonds. The SMILES string of the molecule is CN1C(=CC2=[N+](C)c3ccccc3C2(C)C)C(C)(CC2CCNCC2)c2ccccc21. The van der Waals surface area contributed by atoms with Crippen LogP contribution in [0.15, 0.2) is 60.3 Å². The lowest BCUT2D eigenvalue weighted by molar-refractivity contribution is -0.401. The van der Waals surface area contributed by atoms with Crippen LogP contribution in [0.3, 0.4) is 0 Å². The zero-order valence-corrected chi connectivity index (χ0v) is 19.7. The van der Waals surface area contributed by atoms with Crippen LogP contribution in [0.5, 0.6) is 0 Å². The molecule has 31 heavy (non-hydrogen) atoms. The number of rotatable bonds is 3. The lowest BCUT2D eigenvalue weighted by Crippen LogP contribution is -2.36. The standard InChI is InChI=1S/C28H36N3/c1-27(2)21-10-6-8-12-23(21)30(4)25(27)18-26-28(3,19-20-14-16-29-17-15-20)22-11-7-9-13-24(22)31(26)5/h6-13,18,20,29H,14-17,19H2,1-5H3/q+1. The molecule has 5 rings (SSSR count). The van der Waals surface area contributed by atoms with Crippen molar-refractivity contribution in [1.29, 1.82) is 0 Å². The fourth-order valence-corrected chi connectivity index (χ4v) is 6.39. The average Bonchev–Trinajstić information content (AvgIpc) is 3.10. The summed E-state index contributed by atoms with van der Waals surface area (Å²) in [4.78, 5) is 2.45. The van der Waals surface area contributed by atoms with Gasteiger partial charge in [0.05, 0.1) is 5.41 Å². The number of likely N-dealkylation sites (N-methyl/N-ethyl adjacent to an activating group) is 1. The second-order valence-electron chi connectivity index (χ2n) is 10.4. The summed E-state index contributed by atoms with van der Waals surface area (Å²) in [5.74, 6) is 0.769. The zero-order valence-electron chi connectivity index (χ0n) is 19.7. The van der Waals surface area contributed by atoms with Gasteiger partial charge in [0.15, 0.2) is 5.71 Å². The van der Waals surface area contributed by atoms with Gasteiger partial charge in [-0.3, -0.25) is 0 Å². The van der Waals surface area contributed by atoms with Crippen LogP contribution in [0.4, 0.5) is 11.4 Å². The van der Waals surface area contributed by atoms with Crippen molar-refractivity contribution >= 4 is 17.1 Å². The number of fused-ring (bicyclic) bond motifs is 2. The van der Waals surface area contributed by atoms with Crippen molar-refractivity contribution in [2.45, 2.75) is 50.9 Å². The topological polar surface area (TPSA) is 18.3 Å². The fraction of sp³-hybridized carbons (Fsp3) is 0.464. The largest absolute Gasteiger partial charge is 0.347 e. The van der Waals surface area contributed by atoms with Gasteiger partial charge in [0, 0.05) is 41.6 Å². The van der Waals surface area contributed by atoms with Crippen LogP contribution in [-0.4, -0.2) is 37.5 Å². The van der Waals surface area contributed by atoms with Crippen molar-refractivity contribution in [3.05, 3.63) is 71.4 Å². The summed E-state index contributed by atoms with van der Waals surface area (Å²) in [6.07, 6.45) is 6.29. The Hall–Kier alpha value is -2.39. The van der Waals surface area contributed by atoms with E-state index in [1.807, 2.05) is 0 Å². The van der Waals surface area contributed by atoms with E-state index in [0.29, 0.717) is 0 Å². The van der Waals surface area contributed by atoms with Gasteiger partial charge in [-0.25, -0.2) is 0 Å². The first kappa shape index (κ1) is 20.5.